The van der Waals surface area contributed by atoms with Gasteiger partial charge in [0.15, 0.2) is 6.61 Å². The van der Waals surface area contributed by atoms with Crippen LogP contribution < -0.4 is 10.1 Å². The molecule has 2 aliphatic rings. The zero-order valence-corrected chi connectivity index (χ0v) is 15.0. The molecule has 0 aromatic heterocycles. The molecule has 26 heavy (non-hydrogen) atoms. The molecule has 142 valence electrons. The predicted molar refractivity (Wildman–Crippen MR) is 90.6 cm³/mol. The molecule has 0 saturated carbocycles. The van der Waals surface area contributed by atoms with Crippen LogP contribution in [0.3, 0.4) is 0 Å². The number of amides is 2. The summed E-state index contributed by atoms with van der Waals surface area (Å²) in [6.07, 6.45) is -3.17. The van der Waals surface area contributed by atoms with Gasteiger partial charge >= 0.3 is 6.18 Å². The summed E-state index contributed by atoms with van der Waals surface area (Å²) >= 11 is 1.62. The van der Waals surface area contributed by atoms with Gasteiger partial charge in [0.05, 0.1) is 4.87 Å². The number of hydrogen-bond acceptors (Lipinski definition) is 4. The molecule has 2 atom stereocenters. The lowest BCUT2D eigenvalue weighted by Crippen LogP contribution is -2.49. The second-order valence-electron chi connectivity index (χ2n) is 6.53. The summed E-state index contributed by atoms with van der Waals surface area (Å²) in [6.45, 7) is 0.874. The minimum Gasteiger partial charge on any atom is -0.484 e. The van der Waals surface area contributed by atoms with E-state index in [1.54, 1.807) is 28.8 Å². The fourth-order valence-electron chi connectivity index (χ4n) is 3.19. The van der Waals surface area contributed by atoms with Crippen LogP contribution in [0.4, 0.5) is 13.2 Å². The fourth-order valence-corrected chi connectivity index (χ4v) is 4.62. The number of benzene rings is 1. The third kappa shape index (κ3) is 4.08. The van der Waals surface area contributed by atoms with Gasteiger partial charge < -0.3 is 15.0 Å². The van der Waals surface area contributed by atoms with Crippen LogP contribution in [-0.2, 0) is 16.1 Å². The molecule has 0 spiro atoms. The van der Waals surface area contributed by atoms with E-state index < -0.39 is 18.8 Å². The molecule has 1 N–H and O–H groups in total. The van der Waals surface area contributed by atoms with E-state index >= 15 is 0 Å². The molecular weight excluding hydrogens is 369 g/mol. The molecule has 2 fully saturated rings. The largest absolute Gasteiger partial charge is 0.484 e. The summed E-state index contributed by atoms with van der Waals surface area (Å²) in [7, 11) is 0. The van der Waals surface area contributed by atoms with Crippen molar-refractivity contribution in [3.8, 4) is 5.75 Å². The molecular formula is C17H19F3N2O3S. The van der Waals surface area contributed by atoms with Crippen molar-refractivity contribution >= 4 is 23.6 Å². The fraction of sp³-hybridized carbons (Fsp3) is 0.529. The smallest absolute Gasteiger partial charge is 0.422 e. The van der Waals surface area contributed by atoms with Gasteiger partial charge in [-0.3, -0.25) is 9.59 Å². The van der Waals surface area contributed by atoms with E-state index in [0.29, 0.717) is 12.2 Å². The Hall–Kier alpha value is -1.90. The first-order chi connectivity index (χ1) is 12.2. The van der Waals surface area contributed by atoms with E-state index in [1.165, 1.54) is 12.1 Å². The van der Waals surface area contributed by atoms with Gasteiger partial charge in [-0.1, -0.05) is 12.1 Å². The molecule has 2 unspecified atom stereocenters. The van der Waals surface area contributed by atoms with Crippen molar-refractivity contribution < 1.29 is 27.5 Å². The number of thioether (sulfide) groups is 1. The SMILES string of the molecule is CC12CCC(=O)N1C(C(=O)NCc1ccc(OCC(F)(F)F)cc1)CS2. The number of nitrogens with zero attached hydrogens (tertiary/aromatic N) is 1. The summed E-state index contributed by atoms with van der Waals surface area (Å²) in [5.41, 5.74) is 0.735. The molecule has 2 amide bonds. The minimum absolute atomic E-state index is 0.00353. The number of carbonyl (C=O) groups is 2. The molecule has 2 aliphatic heterocycles. The van der Waals surface area contributed by atoms with Crippen molar-refractivity contribution in [2.24, 2.45) is 0 Å². The van der Waals surface area contributed by atoms with Crippen molar-refractivity contribution in [1.82, 2.24) is 10.2 Å². The van der Waals surface area contributed by atoms with Crippen LogP contribution in [0.1, 0.15) is 25.3 Å². The Morgan fingerprint density at radius 1 is 1.38 bits per heavy atom. The van der Waals surface area contributed by atoms with Gasteiger partial charge in [0.2, 0.25) is 11.8 Å². The van der Waals surface area contributed by atoms with E-state index in [-0.39, 0.29) is 29.0 Å². The highest BCUT2D eigenvalue weighted by molar-refractivity contribution is 8.01. The third-order valence-corrected chi connectivity index (χ3v) is 6.05. The minimum atomic E-state index is -4.38. The van der Waals surface area contributed by atoms with Crippen molar-refractivity contribution in [3.05, 3.63) is 29.8 Å². The van der Waals surface area contributed by atoms with Gasteiger partial charge in [0.1, 0.15) is 11.8 Å². The predicted octanol–water partition coefficient (Wildman–Crippen LogP) is 2.70. The summed E-state index contributed by atoms with van der Waals surface area (Å²) in [4.78, 5) is 25.9. The molecule has 0 radical (unpaired) electrons. The van der Waals surface area contributed by atoms with Crippen molar-refractivity contribution in [2.75, 3.05) is 12.4 Å². The molecule has 2 saturated heterocycles. The molecule has 5 nitrogen and oxygen atoms in total. The van der Waals surface area contributed by atoms with Gasteiger partial charge in [-0.05, 0) is 31.0 Å². The van der Waals surface area contributed by atoms with Crippen LogP contribution in [0.15, 0.2) is 24.3 Å². The first-order valence-corrected chi connectivity index (χ1v) is 9.19. The molecule has 9 heteroatoms. The van der Waals surface area contributed by atoms with Crippen LogP contribution in [-0.4, -0.2) is 46.2 Å². The third-order valence-electron chi connectivity index (χ3n) is 4.54. The highest BCUT2D eigenvalue weighted by atomic mass is 32.2. The molecule has 1 aromatic carbocycles. The molecule has 0 aliphatic carbocycles. The number of rotatable bonds is 5. The number of carbonyl (C=O) groups excluding carboxylic acids is 2. The maximum atomic E-state index is 12.5. The normalized spacial score (nSPS) is 25.3. The highest BCUT2D eigenvalue weighted by Crippen LogP contribution is 2.47. The first-order valence-electron chi connectivity index (χ1n) is 8.20. The maximum Gasteiger partial charge on any atom is 0.422 e. The van der Waals surface area contributed by atoms with Crippen LogP contribution in [0.25, 0.3) is 0 Å². The summed E-state index contributed by atoms with van der Waals surface area (Å²) in [5.74, 6) is 0.471. The molecule has 0 bridgehead atoms. The average Bonchev–Trinajstić information content (AvgIpc) is 3.07. The number of alkyl halides is 3. The maximum absolute atomic E-state index is 12.5. The zero-order valence-electron chi connectivity index (χ0n) is 14.1. The number of hydrogen-bond donors (Lipinski definition) is 1. The molecule has 3 rings (SSSR count). The van der Waals surface area contributed by atoms with E-state index in [9.17, 15) is 22.8 Å². The lowest BCUT2D eigenvalue weighted by molar-refractivity contribution is -0.153. The second-order valence-corrected chi connectivity index (χ2v) is 8.03. The Morgan fingerprint density at radius 3 is 2.73 bits per heavy atom. The Labute approximate surface area is 153 Å². The monoisotopic (exact) mass is 388 g/mol. The van der Waals surface area contributed by atoms with E-state index in [0.717, 1.165) is 12.0 Å². The highest BCUT2D eigenvalue weighted by Gasteiger charge is 2.52. The Bertz CT molecular complexity index is 695. The first kappa shape index (κ1) is 18.9. The number of fused-ring (bicyclic) bond motifs is 1. The average molecular weight is 388 g/mol. The van der Waals surface area contributed by atoms with Gasteiger partial charge in [-0.25, -0.2) is 0 Å². The van der Waals surface area contributed by atoms with Crippen LogP contribution >= 0.6 is 11.8 Å². The quantitative estimate of drug-likeness (QED) is 0.843. The van der Waals surface area contributed by atoms with Crippen molar-refractivity contribution in [2.45, 2.75) is 43.4 Å². The Morgan fingerprint density at radius 2 is 2.08 bits per heavy atom. The van der Waals surface area contributed by atoms with Crippen LogP contribution in [0.5, 0.6) is 5.75 Å². The lowest BCUT2D eigenvalue weighted by Gasteiger charge is -2.29. The van der Waals surface area contributed by atoms with Crippen LogP contribution in [0, 0.1) is 0 Å². The van der Waals surface area contributed by atoms with Crippen molar-refractivity contribution in [1.29, 1.82) is 0 Å². The number of halogens is 3. The zero-order chi connectivity index (χ0) is 18.9. The Balaban J connectivity index is 1.53. The summed E-state index contributed by atoms with van der Waals surface area (Å²) < 4.78 is 41.0. The number of nitrogens with one attached hydrogen (secondary N) is 1. The van der Waals surface area contributed by atoms with Gasteiger partial charge in [-0.15, -0.1) is 11.8 Å². The topological polar surface area (TPSA) is 58.6 Å². The van der Waals surface area contributed by atoms with Crippen LogP contribution in [0.2, 0.25) is 0 Å². The molecule has 1 aromatic rings. The summed E-state index contributed by atoms with van der Waals surface area (Å²) in [6, 6.07) is 5.58. The summed E-state index contributed by atoms with van der Waals surface area (Å²) in [5, 5.41) is 2.80. The lowest BCUT2D eigenvalue weighted by atomic mass is 10.2. The van der Waals surface area contributed by atoms with Gasteiger partial charge in [-0.2, -0.15) is 13.2 Å². The second kappa shape index (κ2) is 7.02. The van der Waals surface area contributed by atoms with Gasteiger partial charge in [0.25, 0.3) is 0 Å². The number of ether oxygens (including phenoxy) is 1. The standard InChI is InChI=1S/C17H19F3N2O3S/c1-16-7-6-14(23)22(16)13(9-26-16)15(24)21-8-11-2-4-12(5-3-11)25-10-17(18,19)20/h2-5,13H,6-10H2,1H3,(H,21,24). The molecule has 2 heterocycles. The Kier molecular flexibility index (Phi) is 5.09. The van der Waals surface area contributed by atoms with E-state index in [4.69, 9.17) is 0 Å². The van der Waals surface area contributed by atoms with E-state index in [2.05, 4.69) is 10.1 Å². The van der Waals surface area contributed by atoms with Crippen molar-refractivity contribution in [3.63, 3.8) is 0 Å². The van der Waals surface area contributed by atoms with Gasteiger partial charge in [0, 0.05) is 18.7 Å². The van der Waals surface area contributed by atoms with E-state index in [1.807, 2.05) is 6.92 Å².